The lowest BCUT2D eigenvalue weighted by Gasteiger charge is -2.43. The molecule has 2 unspecified atom stereocenters. The number of aryl methyl sites for hydroxylation is 1. The average molecular weight is 454 g/mol. The Morgan fingerprint density at radius 2 is 2.07 bits per heavy atom. The van der Waals surface area contributed by atoms with Crippen molar-refractivity contribution >= 4 is 52.0 Å². The molecule has 1 saturated carbocycles. The first-order valence-electron chi connectivity index (χ1n) is 9.73. The van der Waals surface area contributed by atoms with Crippen LogP contribution in [0.4, 0.5) is 9.93 Å². The van der Waals surface area contributed by atoms with E-state index in [0.29, 0.717) is 29.6 Å². The second kappa shape index (κ2) is 8.18. The van der Waals surface area contributed by atoms with Crippen molar-refractivity contribution in [3.63, 3.8) is 0 Å². The van der Waals surface area contributed by atoms with Crippen LogP contribution in [0.15, 0.2) is 4.21 Å². The molecule has 1 aliphatic carbocycles. The number of hydrogen-bond acceptors (Lipinski definition) is 7. The number of imide groups is 1. The van der Waals surface area contributed by atoms with Gasteiger partial charge in [0.2, 0.25) is 11.8 Å². The topological polar surface area (TPSA) is 134 Å². The van der Waals surface area contributed by atoms with E-state index >= 15 is 0 Å². The SMILES string of the molecule is Cc1nc(NC(=O)CN2C(=O)NC3(CC(C)CC(C)(C)C3)C2=O)sc1SCC(N)=O. The lowest BCUT2D eigenvalue weighted by molar-refractivity contribution is -0.136. The molecule has 2 aliphatic rings. The maximum atomic E-state index is 13.1. The summed E-state index contributed by atoms with van der Waals surface area (Å²) in [6.45, 7) is 7.66. The summed E-state index contributed by atoms with van der Waals surface area (Å²) in [6, 6.07) is -0.534. The Morgan fingerprint density at radius 3 is 2.70 bits per heavy atom. The molecule has 1 spiro atoms. The molecular weight excluding hydrogens is 426 g/mol. The molecule has 4 N–H and O–H groups in total. The Hall–Kier alpha value is -2.14. The predicted molar refractivity (Wildman–Crippen MR) is 115 cm³/mol. The van der Waals surface area contributed by atoms with E-state index in [1.165, 1.54) is 23.1 Å². The third-order valence-corrected chi connectivity index (χ3v) is 7.73. The standard InChI is InChI=1S/C19H27N5O4S2/c1-10-5-18(3,4)9-19(6-10)15(27)24(17(28)23-19)7-13(26)22-16-21-11(2)14(30-16)29-8-12(20)25/h10H,5-9H2,1-4H3,(H2,20,25)(H,23,28)(H,21,22,26). The van der Waals surface area contributed by atoms with E-state index < -0.39 is 23.4 Å². The number of thioether (sulfide) groups is 1. The van der Waals surface area contributed by atoms with Crippen LogP contribution in [-0.4, -0.2) is 51.5 Å². The number of aromatic nitrogens is 1. The molecule has 0 bridgehead atoms. The van der Waals surface area contributed by atoms with Gasteiger partial charge >= 0.3 is 6.03 Å². The quantitative estimate of drug-likeness (QED) is 0.446. The van der Waals surface area contributed by atoms with Gasteiger partial charge < -0.3 is 16.4 Å². The van der Waals surface area contributed by atoms with Crippen molar-refractivity contribution < 1.29 is 19.2 Å². The van der Waals surface area contributed by atoms with Crippen LogP contribution in [0.2, 0.25) is 0 Å². The van der Waals surface area contributed by atoms with Gasteiger partial charge in [-0.15, -0.1) is 11.8 Å². The number of nitrogens with zero attached hydrogens (tertiary/aromatic N) is 2. The average Bonchev–Trinajstić information content (AvgIpc) is 3.03. The number of carbonyl (C=O) groups excluding carboxylic acids is 4. The van der Waals surface area contributed by atoms with Gasteiger partial charge in [0.1, 0.15) is 12.1 Å². The Balaban J connectivity index is 1.66. The molecule has 0 aromatic carbocycles. The van der Waals surface area contributed by atoms with E-state index in [2.05, 4.69) is 36.4 Å². The zero-order valence-corrected chi connectivity index (χ0v) is 19.2. The predicted octanol–water partition coefficient (Wildman–Crippen LogP) is 2.10. The number of nitrogens with one attached hydrogen (secondary N) is 2. The molecular formula is C19H27N5O4S2. The molecule has 9 nitrogen and oxygen atoms in total. The summed E-state index contributed by atoms with van der Waals surface area (Å²) in [6.07, 6.45) is 2.11. The van der Waals surface area contributed by atoms with E-state index in [0.717, 1.165) is 15.5 Å². The summed E-state index contributed by atoms with van der Waals surface area (Å²) in [5, 5.41) is 5.85. The highest BCUT2D eigenvalue weighted by Crippen LogP contribution is 2.46. The fourth-order valence-electron chi connectivity index (χ4n) is 4.66. The van der Waals surface area contributed by atoms with Gasteiger partial charge in [0.15, 0.2) is 5.13 Å². The Morgan fingerprint density at radius 1 is 1.37 bits per heavy atom. The smallest absolute Gasteiger partial charge is 0.325 e. The number of primary amides is 1. The molecule has 5 amide bonds. The number of hydrogen-bond donors (Lipinski definition) is 3. The van der Waals surface area contributed by atoms with E-state index in [1.807, 2.05) is 0 Å². The molecule has 0 radical (unpaired) electrons. The number of anilines is 1. The maximum absolute atomic E-state index is 13.1. The third-order valence-electron chi connectivity index (χ3n) is 5.27. The van der Waals surface area contributed by atoms with E-state index in [-0.39, 0.29) is 23.6 Å². The van der Waals surface area contributed by atoms with Crippen LogP contribution in [0.3, 0.4) is 0 Å². The van der Waals surface area contributed by atoms with E-state index in [9.17, 15) is 19.2 Å². The second-order valence-electron chi connectivity index (χ2n) is 8.95. The number of nitrogens with two attached hydrogens (primary N) is 1. The first-order chi connectivity index (χ1) is 13.9. The minimum absolute atomic E-state index is 0.0731. The van der Waals surface area contributed by atoms with Gasteiger partial charge in [-0.1, -0.05) is 32.1 Å². The summed E-state index contributed by atoms with van der Waals surface area (Å²) in [5.41, 5.74) is 4.83. The number of carbonyl (C=O) groups is 4. The third kappa shape index (κ3) is 4.77. The minimum atomic E-state index is -0.936. The molecule has 2 heterocycles. The summed E-state index contributed by atoms with van der Waals surface area (Å²) in [7, 11) is 0. The Bertz CT molecular complexity index is 899. The van der Waals surface area contributed by atoms with Crippen LogP contribution in [0.5, 0.6) is 0 Å². The number of urea groups is 1. The van der Waals surface area contributed by atoms with Crippen molar-refractivity contribution in [2.45, 2.75) is 56.7 Å². The minimum Gasteiger partial charge on any atom is -0.369 e. The van der Waals surface area contributed by atoms with Crippen molar-refractivity contribution in [1.29, 1.82) is 0 Å². The van der Waals surface area contributed by atoms with Crippen LogP contribution in [0.1, 0.15) is 45.7 Å². The molecule has 1 aromatic rings. The van der Waals surface area contributed by atoms with Crippen LogP contribution >= 0.6 is 23.1 Å². The zero-order valence-electron chi connectivity index (χ0n) is 17.5. The van der Waals surface area contributed by atoms with Gasteiger partial charge in [0.05, 0.1) is 15.7 Å². The zero-order chi connectivity index (χ0) is 22.3. The Labute approximate surface area is 183 Å². The lowest BCUT2D eigenvalue weighted by atomic mass is 9.64. The summed E-state index contributed by atoms with van der Waals surface area (Å²) >= 11 is 2.47. The highest BCUT2D eigenvalue weighted by atomic mass is 32.2. The molecule has 3 rings (SSSR count). The monoisotopic (exact) mass is 453 g/mol. The molecule has 30 heavy (non-hydrogen) atoms. The number of thiazole rings is 1. The highest BCUT2D eigenvalue weighted by molar-refractivity contribution is 8.01. The van der Waals surface area contributed by atoms with Gasteiger partial charge in [-0.3, -0.25) is 19.3 Å². The van der Waals surface area contributed by atoms with Crippen molar-refractivity contribution in [3.05, 3.63) is 5.69 Å². The molecule has 1 saturated heterocycles. The van der Waals surface area contributed by atoms with Crippen LogP contribution in [-0.2, 0) is 14.4 Å². The molecule has 11 heteroatoms. The molecule has 2 fully saturated rings. The fourth-order valence-corrected chi connectivity index (χ4v) is 6.55. The Kier molecular flexibility index (Phi) is 6.15. The van der Waals surface area contributed by atoms with Gasteiger partial charge in [-0.2, -0.15) is 0 Å². The fraction of sp³-hybridized carbons (Fsp3) is 0.632. The van der Waals surface area contributed by atoms with Gasteiger partial charge in [-0.05, 0) is 37.5 Å². The largest absolute Gasteiger partial charge is 0.369 e. The molecule has 2 atom stereocenters. The van der Waals surface area contributed by atoms with Gasteiger partial charge in [-0.25, -0.2) is 9.78 Å². The molecule has 1 aliphatic heterocycles. The highest BCUT2D eigenvalue weighted by Gasteiger charge is 2.56. The lowest BCUT2D eigenvalue weighted by Crippen LogP contribution is -2.54. The summed E-state index contributed by atoms with van der Waals surface area (Å²) < 4.78 is 0.775. The first kappa shape index (κ1) is 22.5. The van der Waals surface area contributed by atoms with Crippen LogP contribution in [0, 0.1) is 18.3 Å². The molecule has 1 aromatic heterocycles. The van der Waals surface area contributed by atoms with Crippen LogP contribution in [0.25, 0.3) is 0 Å². The van der Waals surface area contributed by atoms with Crippen LogP contribution < -0.4 is 16.4 Å². The van der Waals surface area contributed by atoms with Crippen molar-refractivity contribution in [1.82, 2.24) is 15.2 Å². The summed E-state index contributed by atoms with van der Waals surface area (Å²) in [4.78, 5) is 54.4. The number of rotatable bonds is 6. The maximum Gasteiger partial charge on any atom is 0.325 e. The van der Waals surface area contributed by atoms with Crippen molar-refractivity contribution in [2.24, 2.45) is 17.1 Å². The second-order valence-corrected chi connectivity index (χ2v) is 11.2. The summed E-state index contributed by atoms with van der Waals surface area (Å²) in [5.74, 6) is -0.864. The normalized spacial score (nSPS) is 25.5. The van der Waals surface area contributed by atoms with Crippen molar-refractivity contribution in [3.8, 4) is 0 Å². The van der Waals surface area contributed by atoms with E-state index in [4.69, 9.17) is 5.73 Å². The van der Waals surface area contributed by atoms with E-state index in [1.54, 1.807) is 6.92 Å². The van der Waals surface area contributed by atoms with Gasteiger partial charge in [0, 0.05) is 0 Å². The number of amides is 5. The van der Waals surface area contributed by atoms with Gasteiger partial charge in [0.25, 0.3) is 5.91 Å². The first-order valence-corrected chi connectivity index (χ1v) is 11.5. The molecule has 164 valence electrons. The van der Waals surface area contributed by atoms with Crippen molar-refractivity contribution in [2.75, 3.05) is 17.6 Å².